The minimum absolute atomic E-state index is 0.0353. The zero-order chi connectivity index (χ0) is 11.8. The van der Waals surface area contributed by atoms with E-state index in [9.17, 15) is 9.90 Å². The largest absolute Gasteiger partial charge is 0.391 e. The molecular formula is C11H22N2O3. The van der Waals surface area contributed by atoms with E-state index >= 15 is 0 Å². The predicted octanol–water partition coefficient (Wildman–Crippen LogP) is -0.500. The summed E-state index contributed by atoms with van der Waals surface area (Å²) in [5.41, 5.74) is 0. The van der Waals surface area contributed by atoms with E-state index in [1.165, 1.54) is 12.8 Å². The molecule has 1 rings (SSSR count). The second kappa shape index (κ2) is 7.60. The third-order valence-corrected chi connectivity index (χ3v) is 2.58. The first kappa shape index (κ1) is 13.4. The summed E-state index contributed by atoms with van der Waals surface area (Å²) in [4.78, 5) is 11.3. The maximum atomic E-state index is 11.3. The van der Waals surface area contributed by atoms with Crippen LogP contribution >= 0.6 is 0 Å². The lowest BCUT2D eigenvalue weighted by molar-refractivity contribution is -0.120. The van der Waals surface area contributed by atoms with Crippen molar-refractivity contribution in [1.82, 2.24) is 10.6 Å². The van der Waals surface area contributed by atoms with Crippen molar-refractivity contribution in [2.24, 2.45) is 5.92 Å². The zero-order valence-electron chi connectivity index (χ0n) is 9.87. The number of hydrogen-bond donors (Lipinski definition) is 3. The van der Waals surface area contributed by atoms with E-state index in [4.69, 9.17) is 4.74 Å². The Balaban J connectivity index is 1.87. The van der Waals surface area contributed by atoms with Crippen molar-refractivity contribution < 1.29 is 14.6 Å². The van der Waals surface area contributed by atoms with Crippen LogP contribution in [0.3, 0.4) is 0 Å². The molecule has 94 valence electrons. The molecular weight excluding hydrogens is 208 g/mol. The number of methoxy groups -OCH3 is 1. The highest BCUT2D eigenvalue weighted by Gasteiger charge is 2.21. The lowest BCUT2D eigenvalue weighted by atomic mass is 10.2. The van der Waals surface area contributed by atoms with Crippen molar-refractivity contribution >= 4 is 5.91 Å². The monoisotopic (exact) mass is 230 g/mol. The van der Waals surface area contributed by atoms with Crippen molar-refractivity contribution in [2.45, 2.75) is 25.4 Å². The zero-order valence-corrected chi connectivity index (χ0v) is 9.87. The van der Waals surface area contributed by atoms with Crippen molar-refractivity contribution in [2.75, 3.05) is 33.4 Å². The molecule has 5 heteroatoms. The number of aliphatic hydroxyl groups is 1. The highest BCUT2D eigenvalue weighted by Crippen LogP contribution is 2.27. The summed E-state index contributed by atoms with van der Waals surface area (Å²) < 4.78 is 4.80. The first-order chi connectivity index (χ1) is 7.72. The van der Waals surface area contributed by atoms with Crippen molar-refractivity contribution in [3.63, 3.8) is 0 Å². The SMILES string of the molecule is COCC(O)CCNCC(=O)NCC1CC1. The molecule has 1 saturated carbocycles. The van der Waals surface area contributed by atoms with Gasteiger partial charge in [0.1, 0.15) is 0 Å². The van der Waals surface area contributed by atoms with E-state index in [0.717, 1.165) is 6.54 Å². The van der Waals surface area contributed by atoms with Gasteiger partial charge in [0.05, 0.1) is 19.3 Å². The van der Waals surface area contributed by atoms with Crippen LogP contribution in [0.4, 0.5) is 0 Å². The number of amides is 1. The van der Waals surface area contributed by atoms with Gasteiger partial charge in [-0.2, -0.15) is 0 Å². The van der Waals surface area contributed by atoms with Crippen LogP contribution in [0.15, 0.2) is 0 Å². The summed E-state index contributed by atoms with van der Waals surface area (Å²) in [6.45, 7) is 2.11. The Kier molecular flexibility index (Phi) is 6.37. The molecule has 3 N–H and O–H groups in total. The van der Waals surface area contributed by atoms with Crippen LogP contribution in [0, 0.1) is 5.92 Å². The molecule has 0 radical (unpaired) electrons. The average Bonchev–Trinajstić information content (AvgIpc) is 3.06. The molecule has 0 heterocycles. The van der Waals surface area contributed by atoms with E-state index in [2.05, 4.69) is 10.6 Å². The Hall–Kier alpha value is -0.650. The quantitative estimate of drug-likeness (QED) is 0.467. The molecule has 16 heavy (non-hydrogen) atoms. The smallest absolute Gasteiger partial charge is 0.233 e. The highest BCUT2D eigenvalue weighted by molar-refractivity contribution is 5.77. The first-order valence-electron chi connectivity index (χ1n) is 5.86. The molecule has 0 aromatic carbocycles. The van der Waals surface area contributed by atoms with Crippen LogP contribution in [-0.4, -0.2) is 50.5 Å². The molecule has 5 nitrogen and oxygen atoms in total. The number of rotatable bonds is 9. The third-order valence-electron chi connectivity index (χ3n) is 2.58. The fourth-order valence-corrected chi connectivity index (χ4v) is 1.39. The Morgan fingerprint density at radius 3 is 2.94 bits per heavy atom. The standard InChI is InChI=1S/C11H22N2O3/c1-16-8-10(14)4-5-12-7-11(15)13-6-9-2-3-9/h9-10,12,14H,2-8H2,1H3,(H,13,15). The molecule has 0 saturated heterocycles. The summed E-state index contributed by atoms with van der Waals surface area (Å²) >= 11 is 0. The van der Waals surface area contributed by atoms with Gasteiger partial charge in [0.25, 0.3) is 0 Å². The summed E-state index contributed by atoms with van der Waals surface area (Å²) in [5, 5.41) is 15.2. The van der Waals surface area contributed by atoms with Gasteiger partial charge in [-0.05, 0) is 31.7 Å². The Labute approximate surface area is 96.6 Å². The number of aliphatic hydroxyl groups excluding tert-OH is 1. The number of carbonyl (C=O) groups is 1. The molecule has 0 aliphatic heterocycles. The van der Waals surface area contributed by atoms with E-state index in [1.807, 2.05) is 0 Å². The molecule has 1 aliphatic carbocycles. The lowest BCUT2D eigenvalue weighted by Gasteiger charge is -2.10. The average molecular weight is 230 g/mol. The molecule has 1 amide bonds. The first-order valence-corrected chi connectivity index (χ1v) is 5.86. The maximum absolute atomic E-state index is 11.3. The molecule has 1 unspecified atom stereocenters. The van der Waals surface area contributed by atoms with Crippen molar-refractivity contribution in [3.05, 3.63) is 0 Å². The second-order valence-corrected chi connectivity index (χ2v) is 4.32. The van der Waals surface area contributed by atoms with E-state index in [0.29, 0.717) is 32.0 Å². The van der Waals surface area contributed by atoms with Gasteiger partial charge in [0, 0.05) is 13.7 Å². The molecule has 0 bridgehead atoms. The van der Waals surface area contributed by atoms with Crippen LogP contribution in [0.5, 0.6) is 0 Å². The predicted molar refractivity (Wildman–Crippen MR) is 61.1 cm³/mol. The van der Waals surface area contributed by atoms with Crippen LogP contribution < -0.4 is 10.6 Å². The van der Waals surface area contributed by atoms with Gasteiger partial charge in [0.2, 0.25) is 5.91 Å². The molecule has 0 spiro atoms. The van der Waals surface area contributed by atoms with E-state index < -0.39 is 6.10 Å². The highest BCUT2D eigenvalue weighted by atomic mass is 16.5. The minimum atomic E-state index is -0.452. The van der Waals surface area contributed by atoms with Gasteiger partial charge >= 0.3 is 0 Å². The Morgan fingerprint density at radius 1 is 1.56 bits per heavy atom. The topological polar surface area (TPSA) is 70.6 Å². The van der Waals surface area contributed by atoms with Crippen molar-refractivity contribution in [1.29, 1.82) is 0 Å². The van der Waals surface area contributed by atoms with Gasteiger partial charge in [0.15, 0.2) is 0 Å². The lowest BCUT2D eigenvalue weighted by Crippen LogP contribution is -2.36. The van der Waals surface area contributed by atoms with Gasteiger partial charge < -0.3 is 20.5 Å². The Bertz CT molecular complexity index is 207. The molecule has 1 atom stereocenters. The fourth-order valence-electron chi connectivity index (χ4n) is 1.39. The van der Waals surface area contributed by atoms with Crippen LogP contribution in [0.1, 0.15) is 19.3 Å². The summed E-state index contributed by atoms with van der Waals surface area (Å²) in [6, 6.07) is 0. The normalized spacial score (nSPS) is 17.1. The van der Waals surface area contributed by atoms with Crippen molar-refractivity contribution in [3.8, 4) is 0 Å². The fraction of sp³-hybridized carbons (Fsp3) is 0.909. The summed E-state index contributed by atoms with van der Waals surface area (Å²) in [6.07, 6.45) is 2.64. The molecule has 0 aromatic rings. The summed E-state index contributed by atoms with van der Waals surface area (Å²) in [7, 11) is 1.56. The molecule has 0 aromatic heterocycles. The maximum Gasteiger partial charge on any atom is 0.233 e. The van der Waals surface area contributed by atoms with Gasteiger partial charge in [-0.3, -0.25) is 4.79 Å². The van der Waals surface area contributed by atoms with E-state index in [-0.39, 0.29) is 5.91 Å². The van der Waals surface area contributed by atoms with Crippen LogP contribution in [-0.2, 0) is 9.53 Å². The molecule has 1 fully saturated rings. The van der Waals surface area contributed by atoms with Gasteiger partial charge in [-0.1, -0.05) is 0 Å². The Morgan fingerprint density at radius 2 is 2.31 bits per heavy atom. The van der Waals surface area contributed by atoms with Gasteiger partial charge in [-0.15, -0.1) is 0 Å². The second-order valence-electron chi connectivity index (χ2n) is 4.32. The number of carbonyl (C=O) groups excluding carboxylic acids is 1. The minimum Gasteiger partial charge on any atom is -0.391 e. The van der Waals surface area contributed by atoms with Gasteiger partial charge in [-0.25, -0.2) is 0 Å². The summed E-state index contributed by atoms with van der Waals surface area (Å²) in [5.74, 6) is 0.751. The third kappa shape index (κ3) is 6.76. The molecule has 1 aliphatic rings. The number of nitrogens with one attached hydrogen (secondary N) is 2. The van der Waals surface area contributed by atoms with E-state index in [1.54, 1.807) is 7.11 Å². The van der Waals surface area contributed by atoms with Crippen LogP contribution in [0.25, 0.3) is 0 Å². The van der Waals surface area contributed by atoms with Crippen LogP contribution in [0.2, 0.25) is 0 Å². The number of hydrogen-bond acceptors (Lipinski definition) is 4. The number of ether oxygens (including phenoxy) is 1.